The Morgan fingerprint density at radius 2 is 1.46 bits per heavy atom. The van der Waals surface area contributed by atoms with Crippen LogP contribution < -0.4 is 5.32 Å². The van der Waals surface area contributed by atoms with Crippen LogP contribution in [-0.4, -0.2) is 70.3 Å². The van der Waals surface area contributed by atoms with Crippen molar-refractivity contribution in [3.05, 3.63) is 42.0 Å². The van der Waals surface area contributed by atoms with Crippen molar-refractivity contribution in [3.8, 4) is 5.75 Å². The smallest absolute Gasteiger partial charge is 0.339 e. The van der Waals surface area contributed by atoms with Gasteiger partial charge in [0.25, 0.3) is 0 Å². The van der Waals surface area contributed by atoms with E-state index in [0.717, 1.165) is 38.5 Å². The largest absolute Gasteiger partial charge is 0.508 e. The molecule has 0 aromatic heterocycles. The molecule has 0 aliphatic heterocycles. The lowest BCUT2D eigenvalue weighted by Crippen LogP contribution is -2.56. The molecule has 1 amide bonds. The van der Waals surface area contributed by atoms with Crippen LogP contribution in [-0.2, 0) is 44.6 Å². The molecule has 1 aromatic carbocycles. The van der Waals surface area contributed by atoms with Crippen LogP contribution in [0.15, 0.2) is 36.4 Å². The lowest BCUT2D eigenvalue weighted by Gasteiger charge is -2.35. The van der Waals surface area contributed by atoms with E-state index >= 15 is 0 Å². The Morgan fingerprint density at radius 3 is 2.02 bits per heavy atom. The van der Waals surface area contributed by atoms with Gasteiger partial charge in [0.05, 0.1) is 19.1 Å². The molecule has 0 aliphatic rings. The molecule has 0 radical (unpaired) electrons. The Morgan fingerprint density at radius 1 is 0.860 bits per heavy atom. The Kier molecular flexibility index (Phi) is 20.9. The first kappa shape index (κ1) is 44.3. The van der Waals surface area contributed by atoms with Gasteiger partial charge < -0.3 is 29.7 Å². The van der Waals surface area contributed by atoms with Crippen molar-refractivity contribution in [2.24, 2.45) is 5.92 Å². The molecule has 3 atom stereocenters. The maximum Gasteiger partial charge on any atom is 0.339 e. The number of amides is 1. The Labute approximate surface area is 298 Å². The molecule has 50 heavy (non-hydrogen) atoms. The summed E-state index contributed by atoms with van der Waals surface area (Å²) in [5.74, 6) is -4.44. The summed E-state index contributed by atoms with van der Waals surface area (Å²) < 4.78 is 15.8. The number of rotatable bonds is 25. The number of Topliss-reactive ketones (excluding diaryl/α,β-unsaturated/α-hetero) is 1. The van der Waals surface area contributed by atoms with E-state index in [1.54, 1.807) is 45.9 Å². The zero-order chi connectivity index (χ0) is 37.6. The summed E-state index contributed by atoms with van der Waals surface area (Å²) in [6.07, 6.45) is 13.3. The molecule has 0 saturated heterocycles. The minimum absolute atomic E-state index is 0.0148. The predicted octanol–water partition coefficient (Wildman–Crippen LogP) is 6.45. The van der Waals surface area contributed by atoms with Gasteiger partial charge in [-0.15, -0.1) is 0 Å². The van der Waals surface area contributed by atoms with Crippen molar-refractivity contribution in [2.75, 3.05) is 13.2 Å². The second kappa shape index (κ2) is 23.6. The van der Waals surface area contributed by atoms with Crippen LogP contribution in [0.4, 0.5) is 0 Å². The second-order valence-corrected chi connectivity index (χ2v) is 13.8. The van der Waals surface area contributed by atoms with E-state index in [4.69, 9.17) is 14.2 Å². The third-order valence-corrected chi connectivity index (χ3v) is 8.07. The van der Waals surface area contributed by atoms with Crippen LogP contribution in [0.2, 0.25) is 0 Å². The molecule has 1 aromatic rings. The summed E-state index contributed by atoms with van der Waals surface area (Å²) in [6.45, 7) is 9.55. The van der Waals surface area contributed by atoms with E-state index < -0.39 is 53.4 Å². The van der Waals surface area contributed by atoms with E-state index in [2.05, 4.69) is 12.2 Å². The van der Waals surface area contributed by atoms with E-state index in [-0.39, 0.29) is 25.4 Å². The van der Waals surface area contributed by atoms with Crippen molar-refractivity contribution < 1.29 is 48.4 Å². The summed E-state index contributed by atoms with van der Waals surface area (Å²) in [5.41, 5.74) is -2.85. The number of phenolic OH excluding ortho intramolecular Hbond substituents is 1. The van der Waals surface area contributed by atoms with Gasteiger partial charge in [-0.05, 0) is 71.1 Å². The molecular formula is C39H61NO10. The maximum atomic E-state index is 14.0. The number of aliphatic hydroxyl groups is 1. The van der Waals surface area contributed by atoms with Crippen molar-refractivity contribution in [1.29, 1.82) is 0 Å². The highest BCUT2D eigenvalue weighted by Gasteiger charge is 2.49. The molecule has 282 valence electrons. The standard InChI is InChI=1S/C39H61NO10/c1-7-9-10-13-16-19-31(42)20-17-14-11-12-15-18-21-33(39(47,26-27-49-29(3)41)37(46)50-38(4,5)6)35(44)40-34(36(45)48-8-2)28-30-22-24-32(43)25-23-30/h18,21-25,33-34,43,47H,7-17,19-20,26-28H2,1-6H3,(H,40,44)/b21-18+/t33-,34+,39+/m1/s1. The highest BCUT2D eigenvalue weighted by Crippen LogP contribution is 2.29. The highest BCUT2D eigenvalue weighted by atomic mass is 16.6. The van der Waals surface area contributed by atoms with E-state index in [9.17, 15) is 34.2 Å². The fourth-order valence-electron chi connectivity index (χ4n) is 5.35. The first-order valence-electron chi connectivity index (χ1n) is 18.1. The van der Waals surface area contributed by atoms with Gasteiger partial charge in [-0.1, -0.05) is 69.7 Å². The maximum absolute atomic E-state index is 14.0. The van der Waals surface area contributed by atoms with Crippen molar-refractivity contribution in [3.63, 3.8) is 0 Å². The monoisotopic (exact) mass is 703 g/mol. The Balaban J connectivity index is 3.15. The normalized spacial score (nSPS) is 14.0. The lowest BCUT2D eigenvalue weighted by molar-refractivity contribution is -0.186. The molecule has 0 spiro atoms. The third-order valence-electron chi connectivity index (χ3n) is 8.07. The fourth-order valence-corrected chi connectivity index (χ4v) is 5.35. The molecule has 1 rings (SSSR count). The van der Waals surface area contributed by atoms with Gasteiger partial charge in [-0.2, -0.15) is 0 Å². The summed E-state index contributed by atoms with van der Waals surface area (Å²) in [4.78, 5) is 64.3. The molecule has 0 unspecified atom stereocenters. The molecule has 0 heterocycles. The topological polar surface area (TPSA) is 166 Å². The average Bonchev–Trinajstić information content (AvgIpc) is 3.03. The Hall–Kier alpha value is -3.73. The number of carbonyl (C=O) groups is 5. The van der Waals surface area contributed by atoms with Crippen molar-refractivity contribution in [1.82, 2.24) is 5.32 Å². The Bertz CT molecular complexity index is 1220. The summed E-state index contributed by atoms with van der Waals surface area (Å²) in [6, 6.07) is 4.93. The van der Waals surface area contributed by atoms with Gasteiger partial charge in [0.1, 0.15) is 23.2 Å². The molecule has 0 bridgehead atoms. The zero-order valence-electron chi connectivity index (χ0n) is 31.1. The van der Waals surface area contributed by atoms with Gasteiger partial charge in [0.2, 0.25) is 5.91 Å². The predicted molar refractivity (Wildman–Crippen MR) is 191 cm³/mol. The van der Waals surface area contributed by atoms with E-state index in [1.165, 1.54) is 44.4 Å². The highest BCUT2D eigenvalue weighted by molar-refractivity contribution is 5.93. The lowest BCUT2D eigenvalue weighted by atomic mass is 9.82. The van der Waals surface area contributed by atoms with Crippen LogP contribution in [0.1, 0.15) is 131 Å². The first-order chi connectivity index (χ1) is 23.6. The number of phenols is 1. The van der Waals surface area contributed by atoms with Crippen molar-refractivity contribution >= 4 is 29.6 Å². The van der Waals surface area contributed by atoms with Gasteiger partial charge in [0.15, 0.2) is 5.60 Å². The number of unbranched alkanes of at least 4 members (excludes halogenated alkanes) is 8. The number of hydrogen-bond donors (Lipinski definition) is 3. The minimum Gasteiger partial charge on any atom is -0.508 e. The SMILES string of the molecule is CCCCCCCC(=O)CCCCCC/C=C/[C@H](C(=O)N[C@@H](Cc1ccc(O)cc1)C(=O)OCC)[C@@](O)(CCOC(C)=O)C(=O)OC(C)(C)C. The van der Waals surface area contributed by atoms with Crippen LogP contribution in [0.5, 0.6) is 5.75 Å². The number of carbonyl (C=O) groups excluding carboxylic acids is 5. The number of hydrogen-bond acceptors (Lipinski definition) is 10. The van der Waals surface area contributed by atoms with Crippen LogP contribution >= 0.6 is 0 Å². The van der Waals surface area contributed by atoms with E-state index in [0.29, 0.717) is 30.6 Å². The van der Waals surface area contributed by atoms with Gasteiger partial charge in [-0.25, -0.2) is 9.59 Å². The number of benzene rings is 1. The first-order valence-corrected chi connectivity index (χ1v) is 18.1. The number of aromatic hydroxyl groups is 1. The molecule has 0 fully saturated rings. The van der Waals surface area contributed by atoms with Crippen LogP contribution in [0.3, 0.4) is 0 Å². The number of ketones is 1. The van der Waals surface area contributed by atoms with Crippen molar-refractivity contribution in [2.45, 2.75) is 149 Å². The molecule has 11 nitrogen and oxygen atoms in total. The molecule has 0 aliphatic carbocycles. The fraction of sp³-hybridized carbons (Fsp3) is 0.667. The van der Waals surface area contributed by atoms with E-state index in [1.807, 2.05) is 0 Å². The second-order valence-electron chi connectivity index (χ2n) is 13.8. The molecule has 11 heteroatoms. The quantitative estimate of drug-likeness (QED) is 0.0446. The number of nitrogens with one attached hydrogen (secondary N) is 1. The number of allylic oxidation sites excluding steroid dienone is 1. The molecule has 0 saturated carbocycles. The summed E-state index contributed by atoms with van der Waals surface area (Å²) in [5, 5.41) is 24.3. The van der Waals surface area contributed by atoms with Gasteiger partial charge in [0, 0.05) is 32.6 Å². The zero-order valence-corrected chi connectivity index (χ0v) is 31.1. The van der Waals surface area contributed by atoms with Crippen LogP contribution in [0, 0.1) is 5.92 Å². The van der Waals surface area contributed by atoms with Crippen LogP contribution in [0.25, 0.3) is 0 Å². The van der Waals surface area contributed by atoms with Gasteiger partial charge >= 0.3 is 17.9 Å². The molecular weight excluding hydrogens is 642 g/mol. The number of ether oxygens (including phenoxy) is 3. The number of esters is 3. The summed E-state index contributed by atoms with van der Waals surface area (Å²) >= 11 is 0. The molecule has 3 N–H and O–H groups in total. The summed E-state index contributed by atoms with van der Waals surface area (Å²) in [7, 11) is 0. The third kappa shape index (κ3) is 18.3. The van der Waals surface area contributed by atoms with Gasteiger partial charge in [-0.3, -0.25) is 14.4 Å². The average molecular weight is 704 g/mol. The minimum atomic E-state index is -2.46.